The van der Waals surface area contributed by atoms with Gasteiger partial charge in [0.05, 0.1) is 32.4 Å². The van der Waals surface area contributed by atoms with Gasteiger partial charge in [-0.2, -0.15) is 5.26 Å². The van der Waals surface area contributed by atoms with Crippen molar-refractivity contribution < 1.29 is 61.8 Å². The zero-order valence-electron chi connectivity index (χ0n) is 44.1. The molecule has 7 aliphatic heterocycles. The lowest BCUT2D eigenvalue weighted by Gasteiger charge is -2.65. The average Bonchev–Trinajstić information content (AvgIpc) is 4.02. The van der Waals surface area contributed by atoms with Crippen LogP contribution in [0, 0.1) is 25.2 Å². The van der Waals surface area contributed by atoms with Crippen LogP contribution in [0.15, 0.2) is 91.0 Å². The van der Waals surface area contributed by atoms with Gasteiger partial charge >= 0.3 is 24.1 Å². The van der Waals surface area contributed by atoms with E-state index in [-0.39, 0.29) is 42.2 Å². The summed E-state index contributed by atoms with van der Waals surface area (Å²) in [6.45, 7) is 8.76. The number of aryl methyl sites for hydroxylation is 1. The lowest BCUT2D eigenvalue weighted by Crippen LogP contribution is -2.64. The lowest BCUT2D eigenvalue weighted by atomic mass is 9.72. The molecule has 1 spiro atoms. The Morgan fingerprint density at radius 3 is 2.15 bits per heavy atom. The van der Waals surface area contributed by atoms with E-state index in [1.54, 1.807) is 52.0 Å². The molecule has 7 aliphatic rings. The molecule has 0 aromatic heterocycles. The van der Waals surface area contributed by atoms with Gasteiger partial charge in [0.2, 0.25) is 6.79 Å². The van der Waals surface area contributed by atoms with Gasteiger partial charge in [-0.1, -0.05) is 72.8 Å². The van der Waals surface area contributed by atoms with E-state index in [2.05, 4.69) is 16.3 Å². The molecular formula is C60H57N4O13S-. The molecular weight excluding hydrogens is 1020 g/mol. The topological polar surface area (TPSA) is 205 Å². The molecule has 12 rings (SSSR count). The predicted molar refractivity (Wildman–Crippen MR) is 288 cm³/mol. The Morgan fingerprint density at radius 2 is 1.50 bits per heavy atom. The number of benzene rings is 5. The van der Waals surface area contributed by atoms with E-state index in [4.69, 9.17) is 47.9 Å². The quantitative estimate of drug-likeness (QED) is 0.0631. The fraction of sp³-hybridized carbons (Fsp3) is 0.350. The van der Waals surface area contributed by atoms with Crippen LogP contribution < -0.4 is 38.5 Å². The molecule has 1 unspecified atom stereocenters. The van der Waals surface area contributed by atoms with Crippen molar-refractivity contribution in [1.82, 2.24) is 10.2 Å². The highest BCUT2D eigenvalue weighted by molar-refractivity contribution is 7.99. The maximum absolute atomic E-state index is 15.4. The van der Waals surface area contributed by atoms with Crippen molar-refractivity contribution in [2.24, 2.45) is 0 Å². The third-order valence-corrected chi connectivity index (χ3v) is 16.4. The van der Waals surface area contributed by atoms with Gasteiger partial charge in [-0.05, 0) is 111 Å². The SMILES string of the molecule is COc1cc2c(cc1OC(=O)OC(C)(C)C)CCN[C@]21CS[C@@H]2c3c(OC(=O)/C=C/c4ccccc4)c(C)c4c(c3[C@H](COC1=O)N1C2[C@@H]2[N-][C@@H](Cc3cc(C)c(OC)c(OC(=O)/C=C/c5ccccc5)c32)[C@@H]1C#N)OCO4. The van der Waals surface area contributed by atoms with E-state index in [1.165, 1.54) is 38.1 Å². The molecule has 7 atom stereocenters. The van der Waals surface area contributed by atoms with Gasteiger partial charge in [0, 0.05) is 52.4 Å². The van der Waals surface area contributed by atoms with Gasteiger partial charge in [0.25, 0.3) is 0 Å². The third-order valence-electron chi connectivity index (χ3n) is 15.0. The largest absolute Gasteiger partial charge is 0.649 e. The third kappa shape index (κ3) is 9.37. The molecule has 18 heteroatoms. The Labute approximate surface area is 455 Å². The number of carbonyl (C=O) groups excluding carboxylic acids is 4. The number of carbonyl (C=O) groups is 4. The Morgan fingerprint density at radius 1 is 0.821 bits per heavy atom. The van der Waals surface area contributed by atoms with Crippen LogP contribution in [-0.2, 0) is 42.2 Å². The molecule has 0 aliphatic carbocycles. The predicted octanol–water partition coefficient (Wildman–Crippen LogP) is 9.64. The summed E-state index contributed by atoms with van der Waals surface area (Å²) in [5.41, 5.74) is 4.20. The summed E-state index contributed by atoms with van der Waals surface area (Å²) in [6.07, 6.45) is 5.91. The summed E-state index contributed by atoms with van der Waals surface area (Å²) in [7, 11) is 2.96. The Kier molecular flexibility index (Phi) is 14.0. The average molecular weight is 1070 g/mol. The lowest BCUT2D eigenvalue weighted by molar-refractivity contribution is -0.155. The maximum Gasteiger partial charge on any atom is 0.514 e. The van der Waals surface area contributed by atoms with E-state index >= 15 is 4.79 Å². The summed E-state index contributed by atoms with van der Waals surface area (Å²) >= 11 is 1.39. The van der Waals surface area contributed by atoms with Gasteiger partial charge in [0.15, 0.2) is 40.0 Å². The molecule has 0 saturated carbocycles. The Balaban J connectivity index is 1.10. The van der Waals surface area contributed by atoms with E-state index in [0.717, 1.165) is 22.3 Å². The first-order valence-electron chi connectivity index (χ1n) is 25.7. The minimum atomic E-state index is -1.54. The molecule has 7 heterocycles. The first kappa shape index (κ1) is 52.2. The van der Waals surface area contributed by atoms with Gasteiger partial charge in [0.1, 0.15) is 18.0 Å². The van der Waals surface area contributed by atoms with Crippen molar-refractivity contribution in [2.45, 2.75) is 94.1 Å². The Hall–Kier alpha value is -7.82. The second kappa shape index (κ2) is 20.9. The normalized spacial score (nSPS) is 23.7. The maximum atomic E-state index is 15.4. The number of rotatable bonds is 9. The highest BCUT2D eigenvalue weighted by Gasteiger charge is 2.58. The van der Waals surface area contributed by atoms with E-state index < -0.39 is 70.7 Å². The molecule has 4 bridgehead atoms. The standard InChI is InChI=1S/C60H57N4O13S/c1-32-24-37-25-39-40(28-61)64-41-29-71-57(67)60(38-27-42(69-6)43(26-36(38)22-23-62-60)74-58(68)77-59(3,4)5)30-78-56(50(64)49(63-39)46(37)55(51(32)70-7)76-45(66)21-19-35-16-12-9-13-17-35)48-47(41)54-53(72-31-73-54)33(2)52(48)75-44(65)20-18-34-14-10-8-11-15-34/h8-21,24,26-27,39-41,49-50,56,62H,22-23,25,29-31H2,1-7H3/q-1/b20-18+,21-19+/t39-,40-,41-,49+,50?,56+,60+/m0/s1. The highest BCUT2D eigenvalue weighted by atomic mass is 32.2. The number of fused-ring (bicyclic) bond motifs is 9. The van der Waals surface area contributed by atoms with Crippen molar-refractivity contribution in [2.75, 3.05) is 39.9 Å². The van der Waals surface area contributed by atoms with Crippen LogP contribution in [0.3, 0.4) is 0 Å². The summed E-state index contributed by atoms with van der Waals surface area (Å²) in [5, 5.41) is 19.7. The van der Waals surface area contributed by atoms with E-state index in [9.17, 15) is 19.6 Å². The number of nitriles is 1. The number of thioether (sulfide) groups is 1. The smallest absolute Gasteiger partial charge is 0.514 e. The molecule has 78 heavy (non-hydrogen) atoms. The molecule has 5 aromatic carbocycles. The van der Waals surface area contributed by atoms with Crippen molar-refractivity contribution in [3.05, 3.63) is 152 Å². The zero-order valence-corrected chi connectivity index (χ0v) is 44.9. The second-order valence-electron chi connectivity index (χ2n) is 20.8. The number of piperazine rings is 1. The fourth-order valence-electron chi connectivity index (χ4n) is 11.8. The highest BCUT2D eigenvalue weighted by Crippen LogP contribution is 2.65. The number of methoxy groups -OCH3 is 2. The second-order valence-corrected chi connectivity index (χ2v) is 22.0. The monoisotopic (exact) mass is 1070 g/mol. The molecule has 0 amide bonds. The zero-order chi connectivity index (χ0) is 54.6. The van der Waals surface area contributed by atoms with Crippen LogP contribution in [0.1, 0.15) is 93.7 Å². The summed E-state index contributed by atoms with van der Waals surface area (Å²) in [6, 6.07) is 22.8. The van der Waals surface area contributed by atoms with Crippen LogP contribution in [-0.4, -0.2) is 92.6 Å². The number of ether oxygens (including phenoxy) is 9. The number of hydrogen-bond acceptors (Lipinski definition) is 17. The van der Waals surface area contributed by atoms with Crippen molar-refractivity contribution in [1.29, 1.82) is 5.26 Å². The number of nitrogens with one attached hydrogen (secondary N) is 1. The van der Waals surface area contributed by atoms with Crippen molar-refractivity contribution >= 4 is 48.0 Å². The minimum absolute atomic E-state index is 0.00568. The van der Waals surface area contributed by atoms with Gasteiger partial charge in [-0.15, -0.1) is 17.8 Å². The molecule has 5 aromatic rings. The van der Waals surface area contributed by atoms with Crippen molar-refractivity contribution in [3.8, 4) is 46.3 Å². The van der Waals surface area contributed by atoms with E-state index in [1.807, 2.05) is 73.7 Å². The van der Waals surface area contributed by atoms with Gasteiger partial charge in [-0.3, -0.25) is 10.2 Å². The number of esters is 3. The molecule has 2 saturated heterocycles. The number of hydrogen-bond donors (Lipinski definition) is 1. The first-order valence-corrected chi connectivity index (χ1v) is 26.8. The first-order chi connectivity index (χ1) is 37.6. The summed E-state index contributed by atoms with van der Waals surface area (Å²) in [4.78, 5) is 58.9. The fourth-order valence-corrected chi connectivity index (χ4v) is 13.4. The molecule has 0 radical (unpaired) electrons. The van der Waals surface area contributed by atoms with Crippen LogP contribution in [0.2, 0.25) is 0 Å². The van der Waals surface area contributed by atoms with Crippen molar-refractivity contribution in [3.63, 3.8) is 0 Å². The van der Waals surface area contributed by atoms with Crippen LogP contribution in [0.25, 0.3) is 17.5 Å². The molecule has 402 valence electrons. The number of nitrogens with zero attached hydrogens (tertiary/aromatic N) is 3. The van der Waals surface area contributed by atoms with Crippen LogP contribution >= 0.6 is 11.8 Å². The Bertz CT molecular complexity index is 3350. The van der Waals surface area contributed by atoms with Crippen LogP contribution in [0.4, 0.5) is 4.79 Å². The van der Waals surface area contributed by atoms with Crippen LogP contribution in [0.5, 0.6) is 40.2 Å². The van der Waals surface area contributed by atoms with Gasteiger partial charge in [-0.25, -0.2) is 19.2 Å². The van der Waals surface area contributed by atoms with E-state index in [0.29, 0.717) is 70.0 Å². The summed E-state index contributed by atoms with van der Waals surface area (Å²) in [5.74, 6) is -0.121. The van der Waals surface area contributed by atoms with Gasteiger partial charge < -0.3 is 47.9 Å². The molecule has 2 fully saturated rings. The molecule has 17 nitrogen and oxygen atoms in total. The molecule has 1 N–H and O–H groups in total. The minimum Gasteiger partial charge on any atom is -0.649 e. The summed E-state index contributed by atoms with van der Waals surface area (Å²) < 4.78 is 55.3.